The van der Waals surface area contributed by atoms with Gasteiger partial charge in [0.15, 0.2) is 0 Å². The van der Waals surface area contributed by atoms with E-state index in [9.17, 15) is 17.6 Å². The van der Waals surface area contributed by atoms with Gasteiger partial charge < -0.3 is 0 Å². The first-order valence-electron chi connectivity index (χ1n) is 4.20. The highest BCUT2D eigenvalue weighted by Crippen LogP contribution is 2.32. The van der Waals surface area contributed by atoms with Crippen molar-refractivity contribution in [3.63, 3.8) is 0 Å². The van der Waals surface area contributed by atoms with E-state index in [1.165, 1.54) is 6.07 Å². The highest BCUT2D eigenvalue weighted by Gasteiger charge is 2.31. The number of rotatable bonds is 0. The van der Waals surface area contributed by atoms with Crippen LogP contribution in [0.25, 0.3) is 10.9 Å². The number of hydrogen-bond donors (Lipinski definition) is 0. The number of pyridine rings is 1. The fourth-order valence-electron chi connectivity index (χ4n) is 1.31. The topological polar surface area (TPSA) is 12.9 Å². The van der Waals surface area contributed by atoms with Crippen LogP contribution in [0.2, 0.25) is 5.02 Å². The molecule has 0 amide bonds. The van der Waals surface area contributed by atoms with Gasteiger partial charge in [0.05, 0.1) is 16.1 Å². The van der Waals surface area contributed by atoms with Gasteiger partial charge in [0.1, 0.15) is 5.82 Å². The normalized spacial score (nSPS) is 12.1. The van der Waals surface area contributed by atoms with E-state index >= 15 is 0 Å². The van der Waals surface area contributed by atoms with Crippen LogP contribution >= 0.6 is 11.6 Å². The number of nitrogens with zero attached hydrogens (tertiary/aromatic N) is 1. The lowest BCUT2D eigenvalue weighted by Crippen LogP contribution is -2.05. The van der Waals surface area contributed by atoms with Crippen LogP contribution in [-0.2, 0) is 6.18 Å². The number of halogens is 5. The molecule has 0 radical (unpaired) electrons. The molecule has 0 atom stereocenters. The van der Waals surface area contributed by atoms with E-state index in [2.05, 4.69) is 4.98 Å². The summed E-state index contributed by atoms with van der Waals surface area (Å²) < 4.78 is 50.3. The van der Waals surface area contributed by atoms with Crippen LogP contribution in [-0.4, -0.2) is 4.98 Å². The van der Waals surface area contributed by atoms with Crippen molar-refractivity contribution < 1.29 is 17.6 Å². The Kier molecular flexibility index (Phi) is 2.50. The first kappa shape index (κ1) is 11.1. The molecule has 6 heteroatoms. The highest BCUT2D eigenvalue weighted by molar-refractivity contribution is 6.35. The summed E-state index contributed by atoms with van der Waals surface area (Å²) in [6, 6.07) is 2.95. The molecule has 0 saturated heterocycles. The molecule has 1 heterocycles. The smallest absolute Gasteiger partial charge is 0.254 e. The Hall–Kier alpha value is -1.36. The number of benzene rings is 1. The number of hydrogen-bond acceptors (Lipinski definition) is 1. The van der Waals surface area contributed by atoms with E-state index in [1.807, 2.05) is 0 Å². The van der Waals surface area contributed by atoms with Crippen molar-refractivity contribution >= 4 is 22.5 Å². The van der Waals surface area contributed by atoms with Gasteiger partial charge in [0.2, 0.25) is 0 Å². The van der Waals surface area contributed by atoms with Crippen molar-refractivity contribution in [2.45, 2.75) is 6.18 Å². The molecule has 1 aromatic carbocycles. The summed E-state index contributed by atoms with van der Waals surface area (Å²) in [5.74, 6) is -0.780. The molecule has 1 nitrogen and oxygen atoms in total. The van der Waals surface area contributed by atoms with Crippen molar-refractivity contribution in [1.29, 1.82) is 0 Å². The average Bonchev–Trinajstić information content (AvgIpc) is 2.22. The highest BCUT2D eigenvalue weighted by atomic mass is 35.5. The van der Waals surface area contributed by atoms with Gasteiger partial charge in [-0.2, -0.15) is 13.2 Å². The molecule has 0 bridgehead atoms. The molecule has 0 fully saturated rings. The molecular weight excluding hydrogens is 246 g/mol. The van der Waals surface area contributed by atoms with Crippen molar-refractivity contribution in [3.05, 3.63) is 40.8 Å². The van der Waals surface area contributed by atoms with Gasteiger partial charge in [-0.25, -0.2) is 4.39 Å². The maximum absolute atomic E-state index is 13.3. The van der Waals surface area contributed by atoms with Crippen LogP contribution in [0.1, 0.15) is 5.56 Å². The van der Waals surface area contributed by atoms with Gasteiger partial charge in [-0.05, 0) is 18.2 Å². The van der Waals surface area contributed by atoms with Crippen LogP contribution < -0.4 is 0 Å². The van der Waals surface area contributed by atoms with Crippen LogP contribution in [0.15, 0.2) is 24.4 Å². The molecule has 0 unspecified atom stereocenters. The largest absolute Gasteiger partial charge is 0.417 e. The summed E-state index contributed by atoms with van der Waals surface area (Å²) in [7, 11) is 0. The minimum Gasteiger partial charge on any atom is -0.254 e. The Morgan fingerprint density at radius 2 is 1.88 bits per heavy atom. The maximum Gasteiger partial charge on any atom is 0.417 e. The summed E-state index contributed by atoms with van der Waals surface area (Å²) in [5.41, 5.74) is -0.976. The third-order valence-electron chi connectivity index (χ3n) is 2.07. The number of alkyl halides is 3. The first-order chi connectivity index (χ1) is 7.39. The van der Waals surface area contributed by atoms with Crippen LogP contribution in [0, 0.1) is 5.82 Å². The molecule has 1 aromatic heterocycles. The minimum atomic E-state index is -4.55. The minimum absolute atomic E-state index is 0.0228. The Labute approximate surface area is 92.7 Å². The molecular formula is C10H4ClF4N. The SMILES string of the molecule is Fc1ccc(Cl)c2ncc(C(F)(F)F)cc12. The molecule has 0 aliphatic heterocycles. The van der Waals surface area contributed by atoms with Gasteiger partial charge in [-0.3, -0.25) is 4.98 Å². The predicted molar refractivity (Wildman–Crippen MR) is 51.7 cm³/mol. The van der Waals surface area contributed by atoms with E-state index in [1.54, 1.807) is 0 Å². The van der Waals surface area contributed by atoms with Crippen molar-refractivity contribution in [2.75, 3.05) is 0 Å². The van der Waals surface area contributed by atoms with Crippen LogP contribution in [0.3, 0.4) is 0 Å². The Morgan fingerprint density at radius 3 is 2.50 bits per heavy atom. The van der Waals surface area contributed by atoms with E-state index in [0.29, 0.717) is 12.3 Å². The predicted octanol–water partition coefficient (Wildman–Crippen LogP) is 4.05. The Morgan fingerprint density at radius 1 is 1.19 bits per heavy atom. The second kappa shape index (κ2) is 3.59. The summed E-state index contributed by atoms with van der Waals surface area (Å²) in [6.07, 6.45) is -3.91. The average molecular weight is 250 g/mol. The van der Waals surface area contributed by atoms with E-state index in [0.717, 1.165) is 6.07 Å². The summed E-state index contributed by atoms with van der Waals surface area (Å²) >= 11 is 5.69. The lowest BCUT2D eigenvalue weighted by molar-refractivity contribution is -0.137. The summed E-state index contributed by atoms with van der Waals surface area (Å²) in [5, 5.41) is -0.118. The molecule has 16 heavy (non-hydrogen) atoms. The monoisotopic (exact) mass is 249 g/mol. The van der Waals surface area contributed by atoms with Crippen LogP contribution in [0.4, 0.5) is 17.6 Å². The maximum atomic E-state index is 13.3. The first-order valence-corrected chi connectivity index (χ1v) is 4.58. The van der Waals surface area contributed by atoms with E-state index in [4.69, 9.17) is 11.6 Å². The summed E-state index contributed by atoms with van der Waals surface area (Å²) in [6.45, 7) is 0. The van der Waals surface area contributed by atoms with Gasteiger partial charge in [-0.15, -0.1) is 0 Å². The number of aromatic nitrogens is 1. The van der Waals surface area contributed by atoms with E-state index in [-0.39, 0.29) is 15.9 Å². The van der Waals surface area contributed by atoms with Crippen LogP contribution in [0.5, 0.6) is 0 Å². The lowest BCUT2D eigenvalue weighted by Gasteiger charge is -2.08. The van der Waals surface area contributed by atoms with Crippen molar-refractivity contribution in [1.82, 2.24) is 4.98 Å². The molecule has 2 rings (SSSR count). The molecule has 0 aliphatic rings. The fourth-order valence-corrected chi connectivity index (χ4v) is 1.52. The molecule has 0 spiro atoms. The summed E-state index contributed by atoms with van der Waals surface area (Å²) in [4.78, 5) is 3.52. The standard InChI is InChI=1S/C10H4ClF4N/c11-7-1-2-8(12)6-3-5(10(13,14)15)4-16-9(6)7/h1-4H. The molecule has 2 aromatic rings. The Bertz CT molecular complexity index is 550. The number of fused-ring (bicyclic) bond motifs is 1. The quantitative estimate of drug-likeness (QED) is 0.642. The molecule has 0 aliphatic carbocycles. The van der Waals surface area contributed by atoms with Gasteiger partial charge >= 0.3 is 6.18 Å². The van der Waals surface area contributed by atoms with E-state index < -0.39 is 17.6 Å². The Balaban J connectivity index is 2.76. The molecule has 84 valence electrons. The second-order valence-electron chi connectivity index (χ2n) is 3.15. The van der Waals surface area contributed by atoms with Crippen molar-refractivity contribution in [3.8, 4) is 0 Å². The van der Waals surface area contributed by atoms with Crippen molar-refractivity contribution in [2.24, 2.45) is 0 Å². The lowest BCUT2D eigenvalue weighted by atomic mass is 10.1. The second-order valence-corrected chi connectivity index (χ2v) is 3.55. The zero-order chi connectivity index (χ0) is 11.9. The molecule has 0 saturated carbocycles. The molecule has 0 N–H and O–H groups in total. The van der Waals surface area contributed by atoms with Gasteiger partial charge in [0, 0.05) is 11.6 Å². The third kappa shape index (κ3) is 1.82. The fraction of sp³-hybridized carbons (Fsp3) is 0.100. The zero-order valence-corrected chi connectivity index (χ0v) is 8.40. The third-order valence-corrected chi connectivity index (χ3v) is 2.38. The van der Waals surface area contributed by atoms with Gasteiger partial charge in [-0.1, -0.05) is 11.6 Å². The van der Waals surface area contributed by atoms with Gasteiger partial charge in [0.25, 0.3) is 0 Å². The zero-order valence-electron chi connectivity index (χ0n) is 7.65.